The van der Waals surface area contributed by atoms with Gasteiger partial charge in [-0.05, 0) is 94.8 Å². The molecule has 2 aromatic carbocycles. The molecule has 0 saturated carbocycles. The van der Waals surface area contributed by atoms with Crippen LogP contribution >= 0.6 is 0 Å². The standard InChI is InChI=1S/C40H45FN6O11S/c1-24-29(15-19-45-17-13-26(14-18-45)36-30-12-11-28(41)21-32(30)57-44-36)38(50)46-16-4-5-31(37(46)43-24)56-20-3-2-6-34(48)42-23-25-7-9-27(10-8-25)40(52)58-47-35(49)22-33(39(47)51)59(53,54)55/h7-12,21,26,31,33H,2-6,13-20,22-23H2,1H3,(H,42,48)(H,53,54,55). The maximum absolute atomic E-state index is 13.7. The molecule has 2 aromatic heterocycles. The van der Waals surface area contributed by atoms with E-state index in [-0.39, 0.29) is 52.9 Å². The van der Waals surface area contributed by atoms with Gasteiger partial charge in [-0.25, -0.2) is 14.2 Å². The molecule has 19 heteroatoms. The third-order valence-corrected chi connectivity index (χ3v) is 12.2. The molecular formula is C40H45FN6O11S. The number of nitrogens with one attached hydrogen (secondary N) is 1. The zero-order valence-electron chi connectivity index (χ0n) is 32.4. The number of halogens is 1. The number of carbonyl (C=O) groups excluding carboxylic acids is 4. The Morgan fingerprint density at radius 1 is 1.03 bits per heavy atom. The second-order valence-electron chi connectivity index (χ2n) is 15.1. The number of unbranched alkanes of at least 4 members (excludes halogenated alkanes) is 1. The Kier molecular flexibility index (Phi) is 12.6. The summed E-state index contributed by atoms with van der Waals surface area (Å²) in [5.41, 5.74) is 3.38. The number of rotatable bonds is 15. The van der Waals surface area contributed by atoms with Crippen LogP contribution in [0.1, 0.15) is 102 Å². The summed E-state index contributed by atoms with van der Waals surface area (Å²) < 4.78 is 58.7. The molecule has 3 aliphatic heterocycles. The van der Waals surface area contributed by atoms with Crippen molar-refractivity contribution in [2.75, 3.05) is 26.2 Å². The summed E-state index contributed by atoms with van der Waals surface area (Å²) in [6.07, 6.45) is 4.22. The normalized spacial score (nSPS) is 19.0. The molecule has 0 spiro atoms. The summed E-state index contributed by atoms with van der Waals surface area (Å²) in [6, 6.07) is 10.3. The number of aromatic nitrogens is 3. The Balaban J connectivity index is 0.814. The maximum atomic E-state index is 13.7. The van der Waals surface area contributed by atoms with Crippen LogP contribution in [0.3, 0.4) is 0 Å². The molecule has 3 aliphatic rings. The minimum atomic E-state index is -4.84. The molecule has 2 atom stereocenters. The zero-order valence-corrected chi connectivity index (χ0v) is 33.2. The summed E-state index contributed by atoms with van der Waals surface area (Å²) in [5.74, 6) is -3.17. The van der Waals surface area contributed by atoms with E-state index in [0.29, 0.717) is 55.1 Å². The van der Waals surface area contributed by atoms with Crippen LogP contribution in [0.15, 0.2) is 51.8 Å². The quantitative estimate of drug-likeness (QED) is 0.0992. The number of piperidine rings is 1. The van der Waals surface area contributed by atoms with Crippen molar-refractivity contribution in [3.8, 4) is 0 Å². The highest BCUT2D eigenvalue weighted by atomic mass is 32.2. The molecule has 2 saturated heterocycles. The summed E-state index contributed by atoms with van der Waals surface area (Å²) >= 11 is 0. The molecule has 7 rings (SSSR count). The molecule has 2 unspecified atom stereocenters. The second kappa shape index (κ2) is 17.9. The lowest BCUT2D eigenvalue weighted by Crippen LogP contribution is -2.38. The molecule has 0 aliphatic carbocycles. The number of fused-ring (bicyclic) bond motifs is 2. The Labute approximate surface area is 338 Å². The van der Waals surface area contributed by atoms with E-state index in [1.807, 2.05) is 6.92 Å². The number of aryl methyl sites for hydroxylation is 1. The van der Waals surface area contributed by atoms with Crippen LogP contribution in [-0.4, -0.2) is 92.8 Å². The predicted octanol–water partition coefficient (Wildman–Crippen LogP) is 3.68. The number of nitrogens with zero attached hydrogens (tertiary/aromatic N) is 5. The van der Waals surface area contributed by atoms with Crippen LogP contribution < -0.4 is 10.9 Å². The molecule has 2 N–H and O–H groups in total. The zero-order chi connectivity index (χ0) is 41.8. The van der Waals surface area contributed by atoms with Crippen molar-refractivity contribution in [1.29, 1.82) is 0 Å². The molecule has 17 nitrogen and oxygen atoms in total. The summed E-state index contributed by atoms with van der Waals surface area (Å²) in [7, 11) is -4.84. The van der Waals surface area contributed by atoms with E-state index < -0.39 is 39.6 Å². The number of hydroxylamine groups is 2. The van der Waals surface area contributed by atoms with E-state index in [0.717, 1.165) is 62.0 Å². The lowest BCUT2D eigenvalue weighted by molar-refractivity contribution is -0.172. The Morgan fingerprint density at radius 3 is 2.53 bits per heavy atom. The highest BCUT2D eigenvalue weighted by Crippen LogP contribution is 2.33. The number of imide groups is 1. The largest absolute Gasteiger partial charge is 0.370 e. The molecular weight excluding hydrogens is 792 g/mol. The highest BCUT2D eigenvalue weighted by Gasteiger charge is 2.48. The lowest BCUT2D eigenvalue weighted by Gasteiger charge is -2.31. The van der Waals surface area contributed by atoms with Crippen molar-refractivity contribution < 1.29 is 50.6 Å². The number of likely N-dealkylation sites (tertiary alicyclic amines) is 1. The molecule has 4 aromatic rings. The number of ether oxygens (including phenoxy) is 1. The fourth-order valence-electron chi connectivity index (χ4n) is 7.83. The van der Waals surface area contributed by atoms with Crippen molar-refractivity contribution in [2.24, 2.45) is 0 Å². The predicted molar refractivity (Wildman–Crippen MR) is 207 cm³/mol. The first-order valence-electron chi connectivity index (χ1n) is 19.7. The van der Waals surface area contributed by atoms with E-state index in [1.165, 1.54) is 24.3 Å². The number of amides is 3. The topological polar surface area (TPSA) is 221 Å². The van der Waals surface area contributed by atoms with Crippen LogP contribution in [0.2, 0.25) is 0 Å². The van der Waals surface area contributed by atoms with Crippen LogP contribution in [0, 0.1) is 12.7 Å². The lowest BCUT2D eigenvalue weighted by atomic mass is 9.91. The summed E-state index contributed by atoms with van der Waals surface area (Å²) in [5, 5.41) is 5.93. The minimum absolute atomic E-state index is 0.0188. The van der Waals surface area contributed by atoms with Crippen molar-refractivity contribution in [3.63, 3.8) is 0 Å². The van der Waals surface area contributed by atoms with Gasteiger partial charge in [-0.1, -0.05) is 17.3 Å². The third-order valence-electron chi connectivity index (χ3n) is 11.1. The number of hydrogen-bond acceptors (Lipinski definition) is 13. The van der Waals surface area contributed by atoms with Crippen LogP contribution in [0.25, 0.3) is 11.0 Å². The summed E-state index contributed by atoms with van der Waals surface area (Å²) in [4.78, 5) is 74.7. The van der Waals surface area contributed by atoms with E-state index in [2.05, 4.69) is 15.4 Å². The van der Waals surface area contributed by atoms with Gasteiger partial charge in [0, 0.05) is 61.3 Å². The first-order chi connectivity index (χ1) is 28.3. The first kappa shape index (κ1) is 41.8. The summed E-state index contributed by atoms with van der Waals surface area (Å²) in [6.45, 7) is 5.49. The van der Waals surface area contributed by atoms with Crippen LogP contribution in [0.5, 0.6) is 0 Å². The SMILES string of the molecule is Cc1nc2n(c(=O)c1CCN1CCC(c3noc4cc(F)ccc34)CC1)CCCC2OCCCCC(=O)NCc1ccc(C(=O)ON2C(=O)CC(S(=O)(=O)O)C2=O)cc1. The average Bonchev–Trinajstić information content (AvgIpc) is 3.76. The van der Waals surface area contributed by atoms with Crippen LogP contribution in [0.4, 0.5) is 4.39 Å². The fraction of sp³-hybridized carbons (Fsp3) is 0.475. The monoisotopic (exact) mass is 836 g/mol. The van der Waals surface area contributed by atoms with Gasteiger partial charge in [-0.2, -0.15) is 8.42 Å². The fourth-order valence-corrected chi connectivity index (χ4v) is 8.53. The molecule has 0 bridgehead atoms. The Morgan fingerprint density at radius 2 is 1.80 bits per heavy atom. The van der Waals surface area contributed by atoms with E-state index in [1.54, 1.807) is 22.8 Å². The third kappa shape index (κ3) is 9.59. The van der Waals surface area contributed by atoms with Gasteiger partial charge in [0.25, 0.3) is 27.5 Å². The van der Waals surface area contributed by atoms with E-state index in [9.17, 15) is 36.8 Å². The number of hydrogen-bond donors (Lipinski definition) is 2. The van der Waals surface area contributed by atoms with Crippen molar-refractivity contribution >= 4 is 44.8 Å². The second-order valence-corrected chi connectivity index (χ2v) is 16.7. The highest BCUT2D eigenvalue weighted by molar-refractivity contribution is 7.87. The van der Waals surface area contributed by atoms with Gasteiger partial charge in [-0.3, -0.25) is 28.3 Å². The number of benzene rings is 2. The van der Waals surface area contributed by atoms with Crippen LogP contribution in [-0.2, 0) is 53.6 Å². The van der Waals surface area contributed by atoms with Gasteiger partial charge in [0.2, 0.25) is 5.91 Å². The smallest absolute Gasteiger partial charge is 0.363 e. The Bertz CT molecular complexity index is 2410. The van der Waals surface area contributed by atoms with Crippen molar-refractivity contribution in [3.05, 3.63) is 92.5 Å². The van der Waals surface area contributed by atoms with Gasteiger partial charge >= 0.3 is 5.97 Å². The van der Waals surface area contributed by atoms with Crippen molar-refractivity contribution in [1.82, 2.24) is 30.0 Å². The molecule has 0 radical (unpaired) electrons. The minimum Gasteiger partial charge on any atom is -0.370 e. The van der Waals surface area contributed by atoms with Gasteiger partial charge in [0.15, 0.2) is 10.8 Å². The molecule has 5 heterocycles. The van der Waals surface area contributed by atoms with Gasteiger partial charge in [0.05, 0.1) is 17.7 Å². The molecule has 314 valence electrons. The first-order valence-corrected chi connectivity index (χ1v) is 21.2. The maximum Gasteiger partial charge on any atom is 0.363 e. The van der Waals surface area contributed by atoms with Gasteiger partial charge < -0.3 is 24.3 Å². The van der Waals surface area contributed by atoms with E-state index in [4.69, 9.17) is 23.6 Å². The molecule has 2 fully saturated rings. The van der Waals surface area contributed by atoms with Gasteiger partial charge in [0.1, 0.15) is 17.7 Å². The van der Waals surface area contributed by atoms with Gasteiger partial charge in [-0.15, -0.1) is 5.06 Å². The molecule has 3 amide bonds. The molecule has 59 heavy (non-hydrogen) atoms. The number of carbonyl (C=O) groups is 4. The van der Waals surface area contributed by atoms with E-state index >= 15 is 0 Å². The average molecular weight is 837 g/mol. The Hall–Kier alpha value is -5.37. The van der Waals surface area contributed by atoms with Crippen molar-refractivity contribution in [2.45, 2.75) is 95.1 Å².